The van der Waals surface area contributed by atoms with Gasteiger partial charge in [-0.05, 0) is 19.8 Å². The summed E-state index contributed by atoms with van der Waals surface area (Å²) in [6.45, 7) is 5.50. The van der Waals surface area contributed by atoms with Crippen LogP contribution in [0.4, 0.5) is 19.0 Å². The van der Waals surface area contributed by atoms with E-state index in [0.29, 0.717) is 12.4 Å². The monoisotopic (exact) mass is 304 g/mol. The third kappa shape index (κ3) is 4.12. The van der Waals surface area contributed by atoms with Crippen LogP contribution >= 0.6 is 0 Å². The number of rotatable bonds is 6. The van der Waals surface area contributed by atoms with E-state index in [-0.39, 0.29) is 12.1 Å². The number of aromatic nitrogens is 2. The van der Waals surface area contributed by atoms with Crippen molar-refractivity contribution in [3.63, 3.8) is 0 Å². The molecule has 7 heteroatoms. The summed E-state index contributed by atoms with van der Waals surface area (Å²) in [4.78, 5) is 1.47. The highest BCUT2D eigenvalue weighted by Crippen LogP contribution is 2.36. The molecule has 0 aliphatic heterocycles. The van der Waals surface area contributed by atoms with Gasteiger partial charge in [0.05, 0.1) is 5.69 Å². The molecule has 1 fully saturated rings. The molecule has 1 aromatic rings. The van der Waals surface area contributed by atoms with Gasteiger partial charge in [0.2, 0.25) is 0 Å². The molecule has 4 nitrogen and oxygen atoms in total. The second kappa shape index (κ2) is 5.87. The van der Waals surface area contributed by atoms with E-state index in [1.807, 2.05) is 20.8 Å². The summed E-state index contributed by atoms with van der Waals surface area (Å²) in [5.41, 5.74) is 1.65. The average Bonchev–Trinajstić information content (AvgIpc) is 3.10. The molecule has 1 aliphatic carbocycles. The van der Waals surface area contributed by atoms with E-state index in [4.69, 9.17) is 0 Å². The Balaban J connectivity index is 2.30. The highest BCUT2D eigenvalue weighted by atomic mass is 19.4. The Kier molecular flexibility index (Phi) is 4.51. The van der Waals surface area contributed by atoms with E-state index in [0.717, 1.165) is 24.1 Å². The number of nitrogens with zero attached hydrogens (tertiary/aromatic N) is 3. The van der Waals surface area contributed by atoms with Gasteiger partial charge in [-0.1, -0.05) is 13.8 Å². The van der Waals surface area contributed by atoms with Gasteiger partial charge in [0.25, 0.3) is 0 Å². The van der Waals surface area contributed by atoms with Crippen molar-refractivity contribution in [3.05, 3.63) is 11.3 Å². The lowest BCUT2D eigenvalue weighted by Gasteiger charge is -2.27. The van der Waals surface area contributed by atoms with Crippen molar-refractivity contribution >= 4 is 5.82 Å². The Morgan fingerprint density at radius 1 is 1.38 bits per heavy atom. The van der Waals surface area contributed by atoms with Crippen molar-refractivity contribution in [3.8, 4) is 0 Å². The Hall–Kier alpha value is -1.24. The van der Waals surface area contributed by atoms with Crippen molar-refractivity contribution in [1.29, 1.82) is 0 Å². The Labute approximate surface area is 123 Å². The highest BCUT2D eigenvalue weighted by Gasteiger charge is 2.40. The molecule has 1 aromatic heterocycles. The van der Waals surface area contributed by atoms with Crippen LogP contribution in [0.25, 0.3) is 0 Å². The van der Waals surface area contributed by atoms with E-state index in [1.165, 1.54) is 4.90 Å². The summed E-state index contributed by atoms with van der Waals surface area (Å²) in [5, 5.41) is 7.59. The van der Waals surface area contributed by atoms with Gasteiger partial charge >= 0.3 is 6.18 Å². The maximum atomic E-state index is 12.9. The first kappa shape index (κ1) is 16.1. The number of hydrogen-bond donors (Lipinski definition) is 1. The first-order valence-electron chi connectivity index (χ1n) is 7.28. The van der Waals surface area contributed by atoms with Gasteiger partial charge in [-0.25, -0.2) is 0 Å². The van der Waals surface area contributed by atoms with Crippen LogP contribution < -0.4 is 10.2 Å². The zero-order chi connectivity index (χ0) is 15.8. The lowest BCUT2D eigenvalue weighted by molar-refractivity contribution is -0.120. The third-order valence-electron chi connectivity index (χ3n) is 3.61. The largest absolute Gasteiger partial charge is 0.405 e. The van der Waals surface area contributed by atoms with E-state index >= 15 is 0 Å². The predicted molar refractivity (Wildman–Crippen MR) is 76.3 cm³/mol. The first-order chi connectivity index (χ1) is 9.69. The molecule has 21 heavy (non-hydrogen) atoms. The van der Waals surface area contributed by atoms with Crippen molar-refractivity contribution in [2.45, 2.75) is 58.4 Å². The smallest absolute Gasteiger partial charge is 0.344 e. The lowest BCUT2D eigenvalue weighted by Crippen LogP contribution is -2.38. The van der Waals surface area contributed by atoms with Crippen molar-refractivity contribution in [1.82, 2.24) is 15.1 Å². The maximum Gasteiger partial charge on any atom is 0.405 e. The van der Waals surface area contributed by atoms with Crippen LogP contribution in [0.2, 0.25) is 0 Å². The molecule has 120 valence electrons. The number of hydrogen-bond acceptors (Lipinski definition) is 3. The zero-order valence-electron chi connectivity index (χ0n) is 13.0. The molecule has 0 amide bonds. The molecule has 1 heterocycles. The minimum absolute atomic E-state index is 0.0146. The van der Waals surface area contributed by atoms with Gasteiger partial charge in [0, 0.05) is 31.2 Å². The fourth-order valence-electron chi connectivity index (χ4n) is 2.52. The van der Waals surface area contributed by atoms with Gasteiger partial charge in [0.1, 0.15) is 12.4 Å². The number of alkyl halides is 3. The molecule has 2 rings (SSSR count). The molecule has 0 saturated heterocycles. The Morgan fingerprint density at radius 2 is 2.00 bits per heavy atom. The fourth-order valence-corrected chi connectivity index (χ4v) is 2.52. The molecule has 0 atom stereocenters. The van der Waals surface area contributed by atoms with Crippen LogP contribution in [0.15, 0.2) is 0 Å². The van der Waals surface area contributed by atoms with Crippen LogP contribution in [-0.4, -0.2) is 34.6 Å². The summed E-state index contributed by atoms with van der Waals surface area (Å²) in [6.07, 6.45) is -2.57. The van der Waals surface area contributed by atoms with Crippen LogP contribution in [0.1, 0.15) is 37.9 Å². The highest BCUT2D eigenvalue weighted by molar-refractivity contribution is 5.52. The van der Waals surface area contributed by atoms with E-state index < -0.39 is 12.7 Å². The maximum absolute atomic E-state index is 12.9. The SMILES string of the molecule is Cc1nn(C)c(N(CC(F)(F)F)C2CC2)c1CNC(C)C. The number of aryl methyl sites for hydroxylation is 2. The second-order valence-corrected chi connectivity index (χ2v) is 6.02. The third-order valence-corrected chi connectivity index (χ3v) is 3.61. The molecular weight excluding hydrogens is 281 g/mol. The molecule has 0 aromatic carbocycles. The van der Waals surface area contributed by atoms with E-state index in [1.54, 1.807) is 11.7 Å². The minimum Gasteiger partial charge on any atom is -0.344 e. The standard InChI is InChI=1S/C14H23F3N4/c1-9(2)18-7-12-10(3)19-20(4)13(12)21(11-5-6-11)8-14(15,16)17/h9,11,18H,5-8H2,1-4H3. The van der Waals surface area contributed by atoms with Crippen LogP contribution in [0.5, 0.6) is 0 Å². The summed E-state index contributed by atoms with van der Waals surface area (Å²) in [5.74, 6) is 0.598. The zero-order valence-corrected chi connectivity index (χ0v) is 13.0. The van der Waals surface area contributed by atoms with E-state index in [9.17, 15) is 13.2 Å². The summed E-state index contributed by atoms with van der Waals surface area (Å²) < 4.78 is 40.2. The molecule has 1 aliphatic rings. The Bertz CT molecular complexity index is 489. The van der Waals surface area contributed by atoms with Crippen molar-refractivity contribution < 1.29 is 13.2 Å². The van der Waals surface area contributed by atoms with Crippen LogP contribution in [-0.2, 0) is 13.6 Å². The first-order valence-corrected chi connectivity index (χ1v) is 7.28. The summed E-state index contributed by atoms with van der Waals surface area (Å²) in [6, 6.07) is 0.258. The van der Waals surface area contributed by atoms with Crippen LogP contribution in [0.3, 0.4) is 0 Å². The molecular formula is C14H23F3N4. The molecule has 1 saturated carbocycles. The molecule has 0 unspecified atom stereocenters. The molecule has 0 spiro atoms. The number of halogens is 3. The quantitative estimate of drug-likeness (QED) is 0.877. The minimum atomic E-state index is -4.20. The van der Waals surface area contributed by atoms with Gasteiger partial charge in [-0.2, -0.15) is 18.3 Å². The van der Waals surface area contributed by atoms with Gasteiger partial charge < -0.3 is 10.2 Å². The predicted octanol–water partition coefficient (Wildman–Crippen LogP) is 2.76. The Morgan fingerprint density at radius 3 is 2.48 bits per heavy atom. The molecule has 0 radical (unpaired) electrons. The van der Waals surface area contributed by atoms with Gasteiger partial charge in [0.15, 0.2) is 0 Å². The number of nitrogens with one attached hydrogen (secondary N) is 1. The molecule has 1 N–H and O–H groups in total. The van der Waals surface area contributed by atoms with Crippen molar-refractivity contribution in [2.75, 3.05) is 11.4 Å². The van der Waals surface area contributed by atoms with Crippen molar-refractivity contribution in [2.24, 2.45) is 7.05 Å². The average molecular weight is 304 g/mol. The molecule has 0 bridgehead atoms. The van der Waals surface area contributed by atoms with Crippen LogP contribution in [0, 0.1) is 6.92 Å². The van der Waals surface area contributed by atoms with Gasteiger partial charge in [-0.15, -0.1) is 0 Å². The lowest BCUT2D eigenvalue weighted by atomic mass is 10.2. The topological polar surface area (TPSA) is 33.1 Å². The normalized spacial score (nSPS) is 15.8. The summed E-state index contributed by atoms with van der Waals surface area (Å²) in [7, 11) is 1.72. The van der Waals surface area contributed by atoms with E-state index in [2.05, 4.69) is 10.4 Å². The fraction of sp³-hybridized carbons (Fsp3) is 0.786. The second-order valence-electron chi connectivity index (χ2n) is 6.02. The number of anilines is 1. The van der Waals surface area contributed by atoms with Gasteiger partial charge in [-0.3, -0.25) is 4.68 Å². The summed E-state index contributed by atoms with van der Waals surface area (Å²) >= 11 is 0.